The minimum atomic E-state index is -3.25. The molecule has 1 aliphatic rings. The number of nitrogens with one attached hydrogen (secondary N) is 2. The average molecular weight is 381 g/mol. The summed E-state index contributed by atoms with van der Waals surface area (Å²) in [7, 11) is -3.25. The molecule has 2 N–H and O–H groups in total. The molecule has 10 heteroatoms. The highest BCUT2D eigenvalue weighted by atomic mass is 32.2. The molecule has 2 aromatic rings. The second kappa shape index (κ2) is 7.58. The van der Waals surface area contributed by atoms with Crippen LogP contribution in [0.15, 0.2) is 29.2 Å². The number of aryl methyl sites for hydroxylation is 1. The normalized spacial score (nSPS) is 20.5. The zero-order valence-corrected chi connectivity index (χ0v) is 15.4. The Morgan fingerprint density at radius 2 is 2.15 bits per heavy atom. The molecule has 0 radical (unpaired) electrons. The highest BCUT2D eigenvalue weighted by Crippen LogP contribution is 2.25. The third kappa shape index (κ3) is 4.50. The van der Waals surface area contributed by atoms with E-state index in [9.17, 15) is 18.0 Å². The fraction of sp³-hybridized carbons (Fsp3) is 0.562. The predicted octanol–water partition coefficient (Wildman–Crippen LogP) is -0.280. The lowest BCUT2D eigenvalue weighted by molar-refractivity contribution is -0.121. The van der Waals surface area contributed by atoms with Gasteiger partial charge >= 0.3 is 5.69 Å². The van der Waals surface area contributed by atoms with Crippen LogP contribution in [0, 0.1) is 5.92 Å². The van der Waals surface area contributed by atoms with E-state index >= 15 is 0 Å². The van der Waals surface area contributed by atoms with Gasteiger partial charge in [0, 0.05) is 25.2 Å². The van der Waals surface area contributed by atoms with E-state index in [0.717, 1.165) is 25.5 Å². The Morgan fingerprint density at radius 1 is 1.35 bits per heavy atom. The second-order valence-corrected chi connectivity index (χ2v) is 8.46. The number of hydrogen-bond acceptors (Lipinski definition) is 5. The first-order chi connectivity index (χ1) is 12.3. The highest BCUT2D eigenvalue weighted by molar-refractivity contribution is 7.88. The number of pyridine rings is 1. The number of rotatable bonds is 7. The number of aromatic nitrogens is 3. The van der Waals surface area contributed by atoms with E-state index in [0.29, 0.717) is 12.2 Å². The summed E-state index contributed by atoms with van der Waals surface area (Å²) < 4.78 is 28.1. The molecular weight excluding hydrogens is 358 g/mol. The summed E-state index contributed by atoms with van der Waals surface area (Å²) in [5, 5.41) is 7.02. The Balaban J connectivity index is 1.51. The molecule has 0 aromatic carbocycles. The van der Waals surface area contributed by atoms with Gasteiger partial charge in [-0.1, -0.05) is 12.5 Å². The summed E-state index contributed by atoms with van der Waals surface area (Å²) in [4.78, 5) is 24.2. The second-order valence-electron chi connectivity index (χ2n) is 6.68. The van der Waals surface area contributed by atoms with Gasteiger partial charge in [-0.05, 0) is 30.9 Å². The van der Waals surface area contributed by atoms with E-state index in [1.807, 2.05) is 0 Å². The summed E-state index contributed by atoms with van der Waals surface area (Å²) in [6.07, 6.45) is 5.51. The molecule has 26 heavy (non-hydrogen) atoms. The Bertz CT molecular complexity index is 949. The molecule has 1 amide bonds. The first-order valence-electron chi connectivity index (χ1n) is 8.62. The van der Waals surface area contributed by atoms with Gasteiger partial charge in [0.1, 0.15) is 0 Å². The summed E-state index contributed by atoms with van der Waals surface area (Å²) in [6, 6.07) is 5.13. The van der Waals surface area contributed by atoms with Crippen LogP contribution in [0.5, 0.6) is 0 Å². The van der Waals surface area contributed by atoms with Crippen molar-refractivity contribution in [3.8, 4) is 0 Å². The van der Waals surface area contributed by atoms with Crippen LogP contribution >= 0.6 is 0 Å². The smallest absolute Gasteiger partial charge is 0.350 e. The number of carbonyl (C=O) groups excluding carboxylic acids is 1. The average Bonchev–Trinajstić information content (AvgIpc) is 3.14. The van der Waals surface area contributed by atoms with E-state index in [2.05, 4.69) is 15.1 Å². The van der Waals surface area contributed by atoms with Gasteiger partial charge in [0.2, 0.25) is 15.9 Å². The summed E-state index contributed by atoms with van der Waals surface area (Å²) >= 11 is 0. The van der Waals surface area contributed by atoms with E-state index in [1.54, 1.807) is 24.4 Å². The Morgan fingerprint density at radius 3 is 2.88 bits per heavy atom. The third-order valence-corrected chi connectivity index (χ3v) is 5.36. The van der Waals surface area contributed by atoms with Gasteiger partial charge < -0.3 is 5.32 Å². The van der Waals surface area contributed by atoms with Gasteiger partial charge in [-0.25, -0.2) is 22.6 Å². The standard InChI is InChI=1S/C16H23N5O4S/c1-26(24,25)19-13-6-4-5-12(13)11-17-15(22)8-10-21-16(23)20-9-3-2-7-14(20)18-21/h2-3,7,9,12-13,19H,4-6,8,10-11H2,1H3,(H,17,22)/t12-,13-/m1/s1. The molecule has 3 rings (SSSR count). The van der Waals surface area contributed by atoms with Crippen LogP contribution < -0.4 is 15.7 Å². The summed E-state index contributed by atoms with van der Waals surface area (Å²) in [5.41, 5.74) is 0.264. The van der Waals surface area contributed by atoms with Crippen LogP contribution in [-0.2, 0) is 21.4 Å². The van der Waals surface area contributed by atoms with Crippen LogP contribution in [0.1, 0.15) is 25.7 Å². The maximum absolute atomic E-state index is 12.2. The number of sulfonamides is 1. The van der Waals surface area contributed by atoms with Crippen molar-refractivity contribution in [2.24, 2.45) is 5.92 Å². The molecular formula is C16H23N5O4S. The molecule has 2 atom stereocenters. The maximum atomic E-state index is 12.2. The van der Waals surface area contributed by atoms with Crippen molar-refractivity contribution in [1.82, 2.24) is 24.2 Å². The van der Waals surface area contributed by atoms with Crippen molar-refractivity contribution >= 4 is 21.6 Å². The molecule has 0 unspecified atom stereocenters. The lowest BCUT2D eigenvalue weighted by Gasteiger charge is -2.20. The zero-order valence-electron chi connectivity index (χ0n) is 14.6. The van der Waals surface area contributed by atoms with E-state index in [1.165, 1.54) is 9.08 Å². The molecule has 2 aromatic heterocycles. The van der Waals surface area contributed by atoms with Crippen molar-refractivity contribution in [3.63, 3.8) is 0 Å². The van der Waals surface area contributed by atoms with Crippen molar-refractivity contribution in [1.29, 1.82) is 0 Å². The first kappa shape index (κ1) is 18.6. The van der Waals surface area contributed by atoms with Crippen molar-refractivity contribution in [3.05, 3.63) is 34.9 Å². The summed E-state index contributed by atoms with van der Waals surface area (Å²) in [6.45, 7) is 0.619. The molecule has 1 fully saturated rings. The number of amides is 1. The quantitative estimate of drug-likeness (QED) is 0.685. The minimum Gasteiger partial charge on any atom is -0.356 e. The van der Waals surface area contributed by atoms with Gasteiger partial charge in [0.25, 0.3) is 0 Å². The van der Waals surface area contributed by atoms with Crippen LogP contribution in [0.4, 0.5) is 0 Å². The zero-order chi connectivity index (χ0) is 18.7. The van der Waals surface area contributed by atoms with Crippen molar-refractivity contribution in [2.45, 2.75) is 38.3 Å². The van der Waals surface area contributed by atoms with E-state index in [-0.39, 0.29) is 36.5 Å². The lowest BCUT2D eigenvalue weighted by atomic mass is 10.0. The molecule has 9 nitrogen and oxygen atoms in total. The van der Waals surface area contributed by atoms with Crippen LogP contribution in [0.25, 0.3) is 5.65 Å². The fourth-order valence-corrected chi connectivity index (χ4v) is 4.23. The van der Waals surface area contributed by atoms with Gasteiger partial charge in [0.15, 0.2) is 5.65 Å². The number of carbonyl (C=O) groups is 1. The first-order valence-corrected chi connectivity index (χ1v) is 10.5. The van der Waals surface area contributed by atoms with Crippen LogP contribution in [0.3, 0.4) is 0 Å². The van der Waals surface area contributed by atoms with E-state index in [4.69, 9.17) is 0 Å². The number of nitrogens with zero attached hydrogens (tertiary/aromatic N) is 3. The highest BCUT2D eigenvalue weighted by Gasteiger charge is 2.29. The molecule has 1 aliphatic carbocycles. The van der Waals surface area contributed by atoms with Crippen LogP contribution in [0.2, 0.25) is 0 Å². The van der Waals surface area contributed by atoms with Crippen LogP contribution in [-0.4, -0.2) is 47.3 Å². The molecule has 2 heterocycles. The van der Waals surface area contributed by atoms with Crippen molar-refractivity contribution in [2.75, 3.05) is 12.8 Å². The number of hydrogen-bond donors (Lipinski definition) is 2. The fourth-order valence-electron chi connectivity index (χ4n) is 3.37. The monoisotopic (exact) mass is 381 g/mol. The Hall–Kier alpha value is -2.20. The predicted molar refractivity (Wildman–Crippen MR) is 96.2 cm³/mol. The molecule has 1 saturated carbocycles. The third-order valence-electron chi connectivity index (χ3n) is 4.63. The maximum Gasteiger partial charge on any atom is 0.350 e. The van der Waals surface area contributed by atoms with Gasteiger partial charge in [-0.15, -0.1) is 5.10 Å². The Labute approximate surface area is 151 Å². The molecule has 0 aliphatic heterocycles. The minimum absolute atomic E-state index is 0.0894. The molecule has 142 valence electrons. The SMILES string of the molecule is CS(=O)(=O)N[C@@H]1CCC[C@@H]1CNC(=O)CCn1nc2ccccn2c1=O. The Kier molecular flexibility index (Phi) is 5.42. The molecule has 0 bridgehead atoms. The topological polar surface area (TPSA) is 115 Å². The molecule has 0 saturated heterocycles. The van der Waals surface area contributed by atoms with Gasteiger partial charge in [-0.2, -0.15) is 0 Å². The van der Waals surface area contributed by atoms with Gasteiger partial charge in [-0.3, -0.25) is 9.20 Å². The number of fused-ring (bicyclic) bond motifs is 1. The molecule has 0 spiro atoms. The lowest BCUT2D eigenvalue weighted by Crippen LogP contribution is -2.41. The van der Waals surface area contributed by atoms with E-state index < -0.39 is 10.0 Å². The summed E-state index contributed by atoms with van der Waals surface area (Å²) in [5.74, 6) is -0.0921. The largest absolute Gasteiger partial charge is 0.356 e. The van der Waals surface area contributed by atoms with Gasteiger partial charge in [0.05, 0.1) is 12.8 Å². The van der Waals surface area contributed by atoms with Crippen molar-refractivity contribution < 1.29 is 13.2 Å².